The molecule has 0 aliphatic carbocycles. The van der Waals surface area contributed by atoms with Gasteiger partial charge in [0.2, 0.25) is 0 Å². The molecule has 0 spiro atoms. The lowest BCUT2D eigenvalue weighted by Gasteiger charge is -2.18. The third-order valence-electron chi connectivity index (χ3n) is 13.0. The van der Waals surface area contributed by atoms with Crippen LogP contribution in [0.4, 0.5) is 0 Å². The topological polar surface area (TPSA) is 78.9 Å². The smallest absolute Gasteiger partial charge is 0.306 e. The maximum absolute atomic E-state index is 12.8. The Morgan fingerprint density at radius 1 is 0.284 bits per heavy atom. The summed E-state index contributed by atoms with van der Waals surface area (Å²) >= 11 is 0. The van der Waals surface area contributed by atoms with E-state index in [0.29, 0.717) is 19.3 Å². The number of hydrogen-bond acceptors (Lipinski definition) is 6. The van der Waals surface area contributed by atoms with E-state index in [1.165, 1.54) is 122 Å². The third-order valence-corrected chi connectivity index (χ3v) is 13.0. The molecule has 1 atom stereocenters. The highest BCUT2D eigenvalue weighted by Crippen LogP contribution is 2.15. The fourth-order valence-electron chi connectivity index (χ4n) is 8.39. The molecule has 1 unspecified atom stereocenters. The largest absolute Gasteiger partial charge is 0.462 e. The van der Waals surface area contributed by atoms with Gasteiger partial charge in [-0.3, -0.25) is 14.4 Å². The molecule has 0 saturated heterocycles. The molecule has 0 aromatic carbocycles. The minimum Gasteiger partial charge on any atom is -0.462 e. The molecule has 0 aliphatic heterocycles. The monoisotopic (exact) mass is 1030 g/mol. The molecule has 6 nitrogen and oxygen atoms in total. The lowest BCUT2D eigenvalue weighted by atomic mass is 10.1. The summed E-state index contributed by atoms with van der Waals surface area (Å²) in [5.74, 6) is -0.901. The highest BCUT2D eigenvalue weighted by atomic mass is 16.6. The number of carbonyl (C=O) groups excluding carboxylic acids is 3. The molecule has 0 aromatic rings. The van der Waals surface area contributed by atoms with Gasteiger partial charge in [-0.15, -0.1) is 0 Å². The van der Waals surface area contributed by atoms with Gasteiger partial charge in [0, 0.05) is 19.3 Å². The van der Waals surface area contributed by atoms with Gasteiger partial charge in [-0.1, -0.05) is 265 Å². The Balaban J connectivity index is 4.21. The summed E-state index contributed by atoms with van der Waals surface area (Å²) in [6, 6.07) is 0. The fraction of sp³-hybridized carbons (Fsp3) is 0.691. The molecule has 0 fully saturated rings. The zero-order chi connectivity index (χ0) is 53.6. The minimum atomic E-state index is -0.786. The number of rotatable bonds is 55. The first-order chi connectivity index (χ1) is 36.5. The van der Waals surface area contributed by atoms with Crippen molar-refractivity contribution in [1.29, 1.82) is 0 Å². The summed E-state index contributed by atoms with van der Waals surface area (Å²) < 4.78 is 16.8. The second kappa shape index (κ2) is 61.6. The summed E-state index contributed by atoms with van der Waals surface area (Å²) in [6.07, 6.45) is 83.9. The van der Waals surface area contributed by atoms with Crippen LogP contribution < -0.4 is 0 Å². The summed E-state index contributed by atoms with van der Waals surface area (Å²) in [5, 5.41) is 0. The van der Waals surface area contributed by atoms with Gasteiger partial charge in [0.15, 0.2) is 6.10 Å². The van der Waals surface area contributed by atoms with Gasteiger partial charge < -0.3 is 14.2 Å². The lowest BCUT2D eigenvalue weighted by molar-refractivity contribution is -0.167. The minimum absolute atomic E-state index is 0.0837. The number of hydrogen-bond donors (Lipinski definition) is 0. The molecule has 0 bridgehead atoms. The van der Waals surface area contributed by atoms with E-state index in [4.69, 9.17) is 14.2 Å². The van der Waals surface area contributed by atoms with Crippen LogP contribution in [0.25, 0.3) is 0 Å². The Bertz CT molecular complexity index is 1510. The molecule has 74 heavy (non-hydrogen) atoms. The maximum Gasteiger partial charge on any atom is 0.306 e. The Hall–Kier alpha value is -3.93. The Morgan fingerprint density at radius 3 is 0.851 bits per heavy atom. The van der Waals surface area contributed by atoms with Crippen LogP contribution in [0.1, 0.15) is 284 Å². The zero-order valence-corrected chi connectivity index (χ0v) is 48.3. The molecule has 0 aromatic heterocycles. The summed E-state index contributed by atoms with van der Waals surface area (Å²) in [5.41, 5.74) is 0. The Morgan fingerprint density at radius 2 is 0.527 bits per heavy atom. The van der Waals surface area contributed by atoms with Crippen LogP contribution in [0.5, 0.6) is 0 Å². The second-order valence-corrected chi connectivity index (χ2v) is 20.2. The molecular formula is C68H114O6. The van der Waals surface area contributed by atoms with E-state index >= 15 is 0 Å². The molecule has 0 heterocycles. The Kier molecular flexibility index (Phi) is 58.3. The summed E-state index contributed by atoms with van der Waals surface area (Å²) in [6.45, 7) is 6.46. The standard InChI is InChI=1S/C68H114O6/c1-4-7-10-13-16-19-21-23-25-27-29-30-31-32-33-34-35-36-37-38-40-41-43-45-47-49-52-55-58-61-67(70)73-64-65(63-72-66(69)60-57-54-51-18-15-12-9-6-3)74-68(71)62-59-56-53-50-48-46-44-42-39-28-26-24-22-20-17-14-11-8-5-2/h7,10,16-17,19-20,23-26,29-30,32-33,35-36,39,42,65H,4-6,8-9,11-15,18,21-22,27-28,31,34,37-38,40-41,43-64H2,1-3H3/b10-7-,19-16-,20-17-,25-23-,26-24-,30-29-,33-32-,36-35-,42-39-. The van der Waals surface area contributed by atoms with Crippen LogP contribution in [0.3, 0.4) is 0 Å². The number of carbonyl (C=O) groups is 3. The van der Waals surface area contributed by atoms with E-state index in [1.54, 1.807) is 0 Å². The first kappa shape index (κ1) is 70.1. The predicted octanol–water partition coefficient (Wildman–Crippen LogP) is 21.0. The number of esters is 3. The van der Waals surface area contributed by atoms with Crippen molar-refractivity contribution in [1.82, 2.24) is 0 Å². The number of unbranched alkanes of at least 4 members (excludes halogenated alkanes) is 26. The molecular weight excluding hydrogens is 913 g/mol. The summed E-state index contributed by atoms with van der Waals surface area (Å²) in [7, 11) is 0. The van der Waals surface area contributed by atoms with Crippen LogP contribution in [0.15, 0.2) is 109 Å². The highest BCUT2D eigenvalue weighted by Gasteiger charge is 2.19. The quantitative estimate of drug-likeness (QED) is 0.0261. The van der Waals surface area contributed by atoms with Crippen molar-refractivity contribution in [3.05, 3.63) is 109 Å². The van der Waals surface area contributed by atoms with Crippen molar-refractivity contribution in [2.45, 2.75) is 290 Å². The van der Waals surface area contributed by atoms with Gasteiger partial charge in [0.05, 0.1) is 0 Å². The average Bonchev–Trinajstić information content (AvgIpc) is 3.40. The zero-order valence-electron chi connectivity index (χ0n) is 48.3. The molecule has 0 radical (unpaired) electrons. The van der Waals surface area contributed by atoms with Crippen molar-refractivity contribution in [2.24, 2.45) is 0 Å². The van der Waals surface area contributed by atoms with Crippen LogP contribution in [-0.4, -0.2) is 37.2 Å². The summed E-state index contributed by atoms with van der Waals surface area (Å²) in [4.78, 5) is 38.1. The SMILES string of the molecule is CC/C=C\C/C=C\C/C=C\C/C=C\C/C=C\C/C=C\CCCCCCCCCCCCC(=O)OCC(COC(=O)CCCCCCCCCC)OC(=O)CCCCCCCC/C=C\C/C=C\C/C=C\CCCCC. The molecule has 0 saturated carbocycles. The van der Waals surface area contributed by atoms with Crippen molar-refractivity contribution in [3.8, 4) is 0 Å². The molecule has 0 rings (SSSR count). The van der Waals surface area contributed by atoms with E-state index in [2.05, 4.69) is 130 Å². The van der Waals surface area contributed by atoms with Gasteiger partial charge in [0.25, 0.3) is 0 Å². The van der Waals surface area contributed by atoms with Gasteiger partial charge >= 0.3 is 17.9 Å². The molecule has 0 N–H and O–H groups in total. The van der Waals surface area contributed by atoms with Crippen LogP contribution >= 0.6 is 0 Å². The van der Waals surface area contributed by atoms with Gasteiger partial charge in [0.1, 0.15) is 13.2 Å². The Labute approximate surface area is 457 Å². The van der Waals surface area contributed by atoms with E-state index in [9.17, 15) is 14.4 Å². The predicted molar refractivity (Wildman–Crippen MR) is 320 cm³/mol. The van der Waals surface area contributed by atoms with E-state index in [0.717, 1.165) is 122 Å². The van der Waals surface area contributed by atoms with Crippen molar-refractivity contribution >= 4 is 17.9 Å². The maximum atomic E-state index is 12.8. The van der Waals surface area contributed by atoms with E-state index in [1.807, 2.05) is 0 Å². The van der Waals surface area contributed by atoms with E-state index in [-0.39, 0.29) is 31.1 Å². The first-order valence-electron chi connectivity index (χ1n) is 30.9. The van der Waals surface area contributed by atoms with Crippen LogP contribution in [0, 0.1) is 0 Å². The third kappa shape index (κ3) is 59.0. The van der Waals surface area contributed by atoms with Crippen molar-refractivity contribution < 1.29 is 28.6 Å². The van der Waals surface area contributed by atoms with Crippen molar-refractivity contribution in [2.75, 3.05) is 13.2 Å². The van der Waals surface area contributed by atoms with E-state index < -0.39 is 6.10 Å². The first-order valence-corrected chi connectivity index (χ1v) is 30.9. The normalized spacial score (nSPS) is 12.9. The molecule has 0 amide bonds. The fourth-order valence-corrected chi connectivity index (χ4v) is 8.39. The van der Waals surface area contributed by atoms with Gasteiger partial charge in [-0.05, 0) is 109 Å². The average molecular weight is 1030 g/mol. The van der Waals surface area contributed by atoms with Gasteiger partial charge in [-0.25, -0.2) is 0 Å². The number of ether oxygens (including phenoxy) is 3. The van der Waals surface area contributed by atoms with Crippen molar-refractivity contribution in [3.63, 3.8) is 0 Å². The second-order valence-electron chi connectivity index (χ2n) is 20.2. The molecule has 0 aliphatic rings. The van der Waals surface area contributed by atoms with Gasteiger partial charge in [-0.2, -0.15) is 0 Å². The highest BCUT2D eigenvalue weighted by molar-refractivity contribution is 5.71. The molecule has 422 valence electrons. The van der Waals surface area contributed by atoms with Crippen LogP contribution in [-0.2, 0) is 28.6 Å². The molecule has 6 heteroatoms. The van der Waals surface area contributed by atoms with Crippen LogP contribution in [0.2, 0.25) is 0 Å². The number of allylic oxidation sites excluding steroid dienone is 18. The lowest BCUT2D eigenvalue weighted by Crippen LogP contribution is -2.30.